The normalized spacial score (nSPS) is 15.2. The molecule has 0 amide bonds. The molecule has 0 radical (unpaired) electrons. The van der Waals surface area contributed by atoms with Crippen molar-refractivity contribution in [1.82, 2.24) is 0 Å². The van der Waals surface area contributed by atoms with Crippen molar-refractivity contribution in [2.24, 2.45) is 16.5 Å². The molecule has 16 heavy (non-hydrogen) atoms. The molecule has 4 nitrogen and oxygen atoms in total. The molecule has 0 aromatic heterocycles. The summed E-state index contributed by atoms with van der Waals surface area (Å²) in [6.45, 7) is 0.477. The van der Waals surface area contributed by atoms with Gasteiger partial charge in [0.1, 0.15) is 5.75 Å². The number of ether oxygens (including phenoxy) is 1. The molecule has 1 fully saturated rings. The summed E-state index contributed by atoms with van der Waals surface area (Å²) in [6, 6.07) is 7.88. The number of nitrogens with zero attached hydrogens (tertiary/aromatic N) is 1. The van der Waals surface area contributed by atoms with Crippen LogP contribution in [0.5, 0.6) is 5.75 Å². The minimum atomic E-state index is 0.110. The summed E-state index contributed by atoms with van der Waals surface area (Å²) in [4.78, 5) is 4.00. The molecule has 0 aliphatic heterocycles. The summed E-state index contributed by atoms with van der Waals surface area (Å²) in [5, 5.41) is 0. The molecule has 4 heteroatoms. The topological polar surface area (TPSA) is 73.6 Å². The second-order valence-corrected chi connectivity index (χ2v) is 4.02. The molecule has 0 unspecified atom stereocenters. The zero-order valence-electron chi connectivity index (χ0n) is 9.23. The summed E-state index contributed by atoms with van der Waals surface area (Å²) in [7, 11) is 0. The number of rotatable bonds is 4. The van der Waals surface area contributed by atoms with Crippen molar-refractivity contribution >= 4 is 5.96 Å². The van der Waals surface area contributed by atoms with E-state index in [2.05, 4.69) is 4.99 Å². The third kappa shape index (κ3) is 2.66. The van der Waals surface area contributed by atoms with Gasteiger partial charge in [0.2, 0.25) is 0 Å². The predicted molar refractivity (Wildman–Crippen MR) is 64.2 cm³/mol. The summed E-state index contributed by atoms with van der Waals surface area (Å²) >= 11 is 0. The van der Waals surface area contributed by atoms with Crippen molar-refractivity contribution in [3.05, 3.63) is 29.8 Å². The minimum Gasteiger partial charge on any atom is -0.490 e. The van der Waals surface area contributed by atoms with Gasteiger partial charge in [0, 0.05) is 5.56 Å². The van der Waals surface area contributed by atoms with Gasteiger partial charge in [-0.1, -0.05) is 18.2 Å². The number of benzene rings is 1. The Labute approximate surface area is 95.3 Å². The van der Waals surface area contributed by atoms with E-state index in [1.807, 2.05) is 24.3 Å². The van der Waals surface area contributed by atoms with Crippen LogP contribution in [0.3, 0.4) is 0 Å². The fraction of sp³-hybridized carbons (Fsp3) is 0.417. The van der Waals surface area contributed by atoms with Crippen LogP contribution < -0.4 is 16.2 Å². The fourth-order valence-electron chi connectivity index (χ4n) is 1.59. The lowest BCUT2D eigenvalue weighted by Crippen LogP contribution is -2.25. The Bertz CT molecular complexity index is 382. The molecule has 1 aliphatic rings. The molecule has 1 aliphatic carbocycles. The summed E-state index contributed by atoms with van der Waals surface area (Å²) < 4.78 is 5.86. The first-order valence-corrected chi connectivity index (χ1v) is 5.55. The highest BCUT2D eigenvalue weighted by Crippen LogP contribution is 2.27. The molecule has 0 saturated heterocycles. The van der Waals surface area contributed by atoms with Crippen molar-refractivity contribution in [1.29, 1.82) is 0 Å². The van der Waals surface area contributed by atoms with Gasteiger partial charge in [-0.3, -0.25) is 0 Å². The van der Waals surface area contributed by atoms with E-state index in [-0.39, 0.29) is 5.96 Å². The van der Waals surface area contributed by atoms with Crippen molar-refractivity contribution in [2.45, 2.75) is 31.9 Å². The highest BCUT2D eigenvalue weighted by molar-refractivity contribution is 5.75. The van der Waals surface area contributed by atoms with Crippen molar-refractivity contribution in [3.63, 3.8) is 0 Å². The zero-order chi connectivity index (χ0) is 11.4. The van der Waals surface area contributed by atoms with Crippen LogP contribution in [-0.4, -0.2) is 12.1 Å². The van der Waals surface area contributed by atoms with Gasteiger partial charge in [-0.2, -0.15) is 0 Å². The van der Waals surface area contributed by atoms with Gasteiger partial charge >= 0.3 is 0 Å². The second-order valence-electron chi connectivity index (χ2n) is 4.02. The van der Waals surface area contributed by atoms with Gasteiger partial charge in [0.05, 0.1) is 12.6 Å². The standard InChI is InChI=1S/C12H17N3O/c13-12(14)15-8-9-4-1-2-7-11(9)16-10-5-3-6-10/h1-2,4,7,10H,3,5-6,8H2,(H4,13,14,15). The van der Waals surface area contributed by atoms with E-state index in [0.29, 0.717) is 12.6 Å². The van der Waals surface area contributed by atoms with Crippen molar-refractivity contribution < 1.29 is 4.74 Å². The lowest BCUT2D eigenvalue weighted by Gasteiger charge is -2.27. The first-order chi connectivity index (χ1) is 7.75. The molecular weight excluding hydrogens is 202 g/mol. The molecule has 1 aromatic rings. The van der Waals surface area contributed by atoms with Gasteiger partial charge < -0.3 is 16.2 Å². The highest BCUT2D eigenvalue weighted by atomic mass is 16.5. The summed E-state index contributed by atoms with van der Waals surface area (Å²) in [5.41, 5.74) is 11.7. The Morgan fingerprint density at radius 1 is 1.31 bits per heavy atom. The average Bonchev–Trinajstić information content (AvgIpc) is 2.22. The maximum atomic E-state index is 5.86. The Morgan fingerprint density at radius 3 is 2.69 bits per heavy atom. The van der Waals surface area contributed by atoms with Crippen LogP contribution >= 0.6 is 0 Å². The van der Waals surface area contributed by atoms with E-state index in [1.165, 1.54) is 6.42 Å². The molecule has 86 valence electrons. The van der Waals surface area contributed by atoms with E-state index in [1.54, 1.807) is 0 Å². The zero-order valence-corrected chi connectivity index (χ0v) is 9.23. The quantitative estimate of drug-likeness (QED) is 0.593. The maximum Gasteiger partial charge on any atom is 0.186 e. The van der Waals surface area contributed by atoms with Gasteiger partial charge in [-0.25, -0.2) is 4.99 Å². The SMILES string of the molecule is NC(N)=NCc1ccccc1OC1CCC1. The molecule has 2 rings (SSSR count). The van der Waals surface area contributed by atoms with Crippen molar-refractivity contribution in [2.75, 3.05) is 0 Å². The number of aliphatic imine (C=N–C) groups is 1. The van der Waals surface area contributed by atoms with E-state index in [0.717, 1.165) is 24.2 Å². The maximum absolute atomic E-state index is 5.86. The molecule has 0 spiro atoms. The second kappa shape index (κ2) is 4.88. The molecule has 0 heterocycles. The highest BCUT2D eigenvalue weighted by Gasteiger charge is 2.19. The average molecular weight is 219 g/mol. The van der Waals surface area contributed by atoms with E-state index in [9.17, 15) is 0 Å². The van der Waals surface area contributed by atoms with Crippen LogP contribution in [0.4, 0.5) is 0 Å². The number of hydrogen-bond acceptors (Lipinski definition) is 2. The number of nitrogens with two attached hydrogens (primary N) is 2. The van der Waals surface area contributed by atoms with Gasteiger partial charge in [-0.15, -0.1) is 0 Å². The summed E-state index contributed by atoms with van der Waals surface area (Å²) in [6.07, 6.45) is 3.94. The minimum absolute atomic E-state index is 0.110. The summed E-state index contributed by atoms with van der Waals surface area (Å²) in [5.74, 6) is 1.01. The molecule has 0 bridgehead atoms. The third-order valence-corrected chi connectivity index (χ3v) is 2.75. The predicted octanol–water partition coefficient (Wildman–Crippen LogP) is 1.39. The van der Waals surface area contributed by atoms with E-state index < -0.39 is 0 Å². The largest absolute Gasteiger partial charge is 0.490 e. The van der Waals surface area contributed by atoms with Crippen LogP contribution in [0.1, 0.15) is 24.8 Å². The smallest absolute Gasteiger partial charge is 0.186 e. The molecule has 0 atom stereocenters. The van der Waals surface area contributed by atoms with Crippen LogP contribution in [-0.2, 0) is 6.54 Å². The van der Waals surface area contributed by atoms with Crippen LogP contribution in [0.15, 0.2) is 29.3 Å². The fourth-order valence-corrected chi connectivity index (χ4v) is 1.59. The third-order valence-electron chi connectivity index (χ3n) is 2.75. The first-order valence-electron chi connectivity index (χ1n) is 5.55. The molecule has 1 saturated carbocycles. The van der Waals surface area contributed by atoms with E-state index in [4.69, 9.17) is 16.2 Å². The first kappa shape index (κ1) is 10.8. The lowest BCUT2D eigenvalue weighted by molar-refractivity contribution is 0.119. The van der Waals surface area contributed by atoms with E-state index >= 15 is 0 Å². The number of para-hydroxylation sites is 1. The van der Waals surface area contributed by atoms with Crippen LogP contribution in [0, 0.1) is 0 Å². The van der Waals surface area contributed by atoms with Gasteiger partial charge in [0.25, 0.3) is 0 Å². The van der Waals surface area contributed by atoms with Crippen LogP contribution in [0.2, 0.25) is 0 Å². The Hall–Kier alpha value is -1.71. The van der Waals surface area contributed by atoms with Gasteiger partial charge in [0.15, 0.2) is 5.96 Å². The lowest BCUT2D eigenvalue weighted by atomic mass is 9.96. The Balaban J connectivity index is 2.06. The molecule has 4 N–H and O–H groups in total. The monoisotopic (exact) mass is 219 g/mol. The van der Waals surface area contributed by atoms with Crippen molar-refractivity contribution in [3.8, 4) is 5.75 Å². The number of guanidine groups is 1. The molecule has 1 aromatic carbocycles. The van der Waals surface area contributed by atoms with Gasteiger partial charge in [-0.05, 0) is 25.3 Å². The number of hydrogen-bond donors (Lipinski definition) is 2. The Kier molecular flexibility index (Phi) is 3.29. The molecular formula is C12H17N3O. The van der Waals surface area contributed by atoms with Crippen LogP contribution in [0.25, 0.3) is 0 Å². The Morgan fingerprint density at radius 2 is 2.06 bits per heavy atom.